The maximum Gasteiger partial charge on any atom is 0.386 e. The van der Waals surface area contributed by atoms with E-state index < -0.39 is 77.8 Å². The van der Waals surface area contributed by atoms with Crippen LogP contribution in [-0.4, -0.2) is 88.2 Å². The topological polar surface area (TPSA) is 256 Å². The van der Waals surface area contributed by atoms with Gasteiger partial charge in [-0.2, -0.15) is 4.98 Å². The van der Waals surface area contributed by atoms with Gasteiger partial charge < -0.3 is 44.0 Å². The Balaban J connectivity index is 2.23. The molecular formula is C65H108N4O14. The molecule has 83 heavy (non-hydrogen) atoms. The van der Waals surface area contributed by atoms with Gasteiger partial charge in [-0.1, -0.05) is 238 Å². The molecule has 0 fully saturated rings. The lowest BCUT2D eigenvalue weighted by molar-refractivity contribution is -0.271. The second-order valence-corrected chi connectivity index (χ2v) is 23.2. The van der Waals surface area contributed by atoms with Crippen molar-refractivity contribution in [1.82, 2.24) is 19.3 Å². The Labute approximate surface area is 495 Å². The molecule has 0 spiro atoms. The summed E-state index contributed by atoms with van der Waals surface area (Å²) < 4.78 is 19.2. The van der Waals surface area contributed by atoms with Crippen LogP contribution < -0.4 is 25.6 Å². The van der Waals surface area contributed by atoms with Gasteiger partial charge in [-0.15, -0.1) is 0 Å². The van der Waals surface area contributed by atoms with Crippen molar-refractivity contribution in [1.29, 1.82) is 0 Å². The van der Waals surface area contributed by atoms with Crippen LogP contribution in [0.3, 0.4) is 0 Å². The van der Waals surface area contributed by atoms with Crippen LogP contribution in [0.25, 0.3) is 22.6 Å². The van der Waals surface area contributed by atoms with Gasteiger partial charge in [-0.3, -0.25) is 19.2 Å². The lowest BCUT2D eigenvalue weighted by Crippen LogP contribution is -2.56. The first-order chi connectivity index (χ1) is 40.1. The van der Waals surface area contributed by atoms with Crippen LogP contribution in [-0.2, 0) is 30.5 Å². The van der Waals surface area contributed by atoms with Crippen molar-refractivity contribution >= 4 is 34.9 Å². The molecule has 18 nitrogen and oxygen atoms in total. The second kappa shape index (κ2) is 42.1. The number of fused-ring (bicyclic) bond motifs is 2. The highest BCUT2D eigenvalue weighted by Gasteiger charge is 2.46. The fraction of sp³-hybridized carbons (Fsp3) is 0.785. The fourth-order valence-electron chi connectivity index (χ4n) is 10.6. The Morgan fingerprint density at radius 1 is 0.494 bits per heavy atom. The molecule has 3 rings (SSSR count). The standard InChI is InChI=1S/C65H108N4O14/c1-7-11-15-19-23-27-31-35-39-43-52(72)80-59-49(5)50(6)60(81-53(73)44-40-36-32-28-24-20-16-12-8-2)58-56(59)66-57-62(67-64(78)69(63(57)77)83-55(75)46-42-38-34-30-26-22-18-14-10-4)68(58)48-65(79,61(76)51(71)47-70)82-54(74)45-41-37-33-29-25-21-17-13-9-3/h51,61,70-71,76,79H,7-48H2,1-6H3. The number of ether oxygens (including phenoxy) is 3. The van der Waals surface area contributed by atoms with Gasteiger partial charge in [-0.25, -0.2) is 14.6 Å². The highest BCUT2D eigenvalue weighted by molar-refractivity contribution is 5.96. The first-order valence-corrected chi connectivity index (χ1v) is 32.6. The molecule has 3 atom stereocenters. The molecule has 0 aliphatic carbocycles. The minimum absolute atomic E-state index is 0.00774. The molecule has 2 heterocycles. The average molecular weight is 1170 g/mol. The summed E-state index contributed by atoms with van der Waals surface area (Å²) in [5.74, 6) is -7.29. The minimum atomic E-state index is -3.16. The van der Waals surface area contributed by atoms with Crippen molar-refractivity contribution in [3.05, 3.63) is 32.0 Å². The molecule has 0 saturated heterocycles. The van der Waals surface area contributed by atoms with E-state index in [1.165, 1.54) is 44.9 Å². The van der Waals surface area contributed by atoms with Crippen LogP contribution >= 0.6 is 0 Å². The Bertz CT molecular complexity index is 2440. The van der Waals surface area contributed by atoms with Gasteiger partial charge >= 0.3 is 35.1 Å². The van der Waals surface area contributed by atoms with Crippen LogP contribution in [0.2, 0.25) is 0 Å². The molecule has 2 aliphatic rings. The van der Waals surface area contributed by atoms with Gasteiger partial charge in [0.25, 0.3) is 5.79 Å². The van der Waals surface area contributed by atoms with Crippen molar-refractivity contribution in [2.45, 2.75) is 323 Å². The molecule has 0 bridgehead atoms. The van der Waals surface area contributed by atoms with Crippen molar-refractivity contribution in [3.63, 3.8) is 0 Å². The van der Waals surface area contributed by atoms with Crippen molar-refractivity contribution in [2.24, 2.45) is 0 Å². The molecule has 0 saturated carbocycles. The van der Waals surface area contributed by atoms with Crippen LogP contribution in [0.1, 0.15) is 296 Å². The maximum atomic E-state index is 14.7. The molecule has 18 heteroatoms. The number of aliphatic hydroxyl groups is 4. The lowest BCUT2D eigenvalue weighted by atomic mass is 10.0. The van der Waals surface area contributed by atoms with Gasteiger partial charge in [0.1, 0.15) is 23.2 Å². The molecular weight excluding hydrogens is 1060 g/mol. The zero-order valence-electron chi connectivity index (χ0n) is 52.0. The minimum Gasteiger partial charge on any atom is -0.428 e. The monoisotopic (exact) mass is 1170 g/mol. The van der Waals surface area contributed by atoms with E-state index in [1.807, 2.05) is 0 Å². The van der Waals surface area contributed by atoms with Gasteiger partial charge in [0, 0.05) is 36.8 Å². The number of unbranched alkanes of at least 4 members (excludes halogenated alkanes) is 32. The van der Waals surface area contributed by atoms with Crippen LogP contribution in [0, 0.1) is 13.8 Å². The van der Waals surface area contributed by atoms with E-state index >= 15 is 0 Å². The van der Waals surface area contributed by atoms with E-state index in [4.69, 9.17) is 19.0 Å². The van der Waals surface area contributed by atoms with Gasteiger partial charge in [0.2, 0.25) is 0 Å². The molecule has 1 aromatic rings. The summed E-state index contributed by atoms with van der Waals surface area (Å²) in [6.45, 7) is 9.66. The molecule has 2 aliphatic heterocycles. The summed E-state index contributed by atoms with van der Waals surface area (Å²) in [6, 6.07) is 0. The number of nitrogens with zero attached hydrogens (tertiary/aromatic N) is 4. The normalized spacial score (nSPS) is 13.1. The van der Waals surface area contributed by atoms with Gasteiger partial charge in [0.05, 0.1) is 13.2 Å². The molecule has 0 amide bonds. The highest BCUT2D eigenvalue weighted by Crippen LogP contribution is 2.42. The zero-order valence-corrected chi connectivity index (χ0v) is 52.0. The van der Waals surface area contributed by atoms with Crippen LogP contribution in [0.15, 0.2) is 9.59 Å². The zero-order chi connectivity index (χ0) is 60.8. The first-order valence-electron chi connectivity index (χ1n) is 32.6. The number of carbonyl (C=O) groups excluding carboxylic acids is 4. The van der Waals surface area contributed by atoms with Crippen molar-refractivity contribution in [3.8, 4) is 23.0 Å². The van der Waals surface area contributed by atoms with E-state index in [-0.39, 0.29) is 64.1 Å². The predicted molar refractivity (Wildman–Crippen MR) is 325 cm³/mol. The van der Waals surface area contributed by atoms with E-state index in [1.54, 1.807) is 13.8 Å². The SMILES string of the molecule is CCCCCCCCCCCC(=O)Oc1c(C)c(C)c(OC(=O)CCCCCCCCCCC)c2c1nc1c(=O)n(OC(=O)CCCCCCCCCCC)c(=O)nc-1n2CC(O)(OC(=O)CCCCCCCCCCC)C(O)C(O)CO. The highest BCUT2D eigenvalue weighted by atomic mass is 16.7. The van der Waals surface area contributed by atoms with Gasteiger partial charge in [0.15, 0.2) is 23.0 Å². The van der Waals surface area contributed by atoms with Crippen molar-refractivity contribution < 1.29 is 58.7 Å². The number of carbonyl (C=O) groups is 4. The Kier molecular flexibility index (Phi) is 36.8. The smallest absolute Gasteiger partial charge is 0.386 e. The second-order valence-electron chi connectivity index (χ2n) is 23.2. The summed E-state index contributed by atoms with van der Waals surface area (Å²) in [5.41, 5.74) is -3.33. The summed E-state index contributed by atoms with van der Waals surface area (Å²) >= 11 is 0. The summed E-state index contributed by atoms with van der Waals surface area (Å²) in [6.07, 6.45) is 30.6. The Morgan fingerprint density at radius 2 is 0.843 bits per heavy atom. The molecule has 1 aromatic carbocycles. The number of hydrogen-bond donors (Lipinski definition) is 4. The quantitative estimate of drug-likeness (QED) is 0.0135. The largest absolute Gasteiger partial charge is 0.428 e. The molecule has 472 valence electrons. The van der Waals surface area contributed by atoms with Gasteiger partial charge in [-0.05, 0) is 39.5 Å². The third-order valence-electron chi connectivity index (χ3n) is 15.9. The third-order valence-corrected chi connectivity index (χ3v) is 15.9. The van der Waals surface area contributed by atoms with E-state index in [9.17, 15) is 49.2 Å². The van der Waals surface area contributed by atoms with Crippen LogP contribution in [0.4, 0.5) is 0 Å². The molecule has 4 N–H and O–H groups in total. The van der Waals surface area contributed by atoms with Crippen LogP contribution in [0.5, 0.6) is 11.5 Å². The van der Waals surface area contributed by atoms with E-state index in [0.29, 0.717) is 32.1 Å². The Hall–Kier alpha value is -4.78. The summed E-state index contributed by atoms with van der Waals surface area (Å²) in [7, 11) is 0. The summed E-state index contributed by atoms with van der Waals surface area (Å²) in [5, 5.41) is 45.4. The molecule has 0 radical (unpaired) electrons. The lowest BCUT2D eigenvalue weighted by Gasteiger charge is -2.36. The summed E-state index contributed by atoms with van der Waals surface area (Å²) in [4.78, 5) is 98.1. The number of hydrogen-bond acceptors (Lipinski definition) is 16. The number of rotatable bonds is 49. The Morgan fingerprint density at radius 3 is 1.24 bits per heavy atom. The number of esters is 3. The fourth-order valence-corrected chi connectivity index (χ4v) is 10.6. The number of aromatic nitrogens is 4. The number of aliphatic hydroxyl groups excluding tert-OH is 3. The van der Waals surface area contributed by atoms with Crippen molar-refractivity contribution in [2.75, 3.05) is 6.61 Å². The van der Waals surface area contributed by atoms with E-state index in [0.717, 1.165) is 159 Å². The molecule has 3 unspecified atom stereocenters. The molecule has 0 aromatic heterocycles. The average Bonchev–Trinajstić information content (AvgIpc) is 1.16. The van der Waals surface area contributed by atoms with E-state index in [2.05, 4.69) is 37.7 Å². The first kappa shape index (κ1) is 72.5. The predicted octanol–water partition coefficient (Wildman–Crippen LogP) is 13.1. The maximum absolute atomic E-state index is 14.7. The number of benzene rings is 1. The third kappa shape index (κ3) is 26.2.